The van der Waals surface area contributed by atoms with Crippen LogP contribution in [-0.2, 0) is 35.0 Å². The molecule has 0 unspecified atom stereocenters. The van der Waals surface area contributed by atoms with E-state index >= 15 is 0 Å². The van der Waals surface area contributed by atoms with Gasteiger partial charge in [0.25, 0.3) is 0 Å². The first kappa shape index (κ1) is 35.7. The third-order valence-corrected chi connectivity index (χ3v) is 9.70. The predicted octanol–water partition coefficient (Wildman–Crippen LogP) is 3.62. The minimum Gasteiger partial charge on any atom is -0.495 e. The number of anilines is 1. The van der Waals surface area contributed by atoms with Gasteiger partial charge >= 0.3 is 12.1 Å². The van der Waals surface area contributed by atoms with E-state index in [1.165, 1.54) is 19.1 Å². The minimum atomic E-state index is -1.78. The Labute approximate surface area is 275 Å². The van der Waals surface area contributed by atoms with Gasteiger partial charge in [-0.15, -0.1) is 0 Å². The Morgan fingerprint density at radius 2 is 1.96 bits per heavy atom. The van der Waals surface area contributed by atoms with Crippen LogP contribution in [0.25, 0.3) is 0 Å². The largest absolute Gasteiger partial charge is 0.495 e. The fourth-order valence-electron chi connectivity index (χ4n) is 6.05. The number of alkyl carbamates (subject to hydrolysis) is 1. The molecule has 0 spiro atoms. The predicted molar refractivity (Wildman–Crippen MR) is 172 cm³/mol. The molecule has 254 valence electrons. The van der Waals surface area contributed by atoms with Crippen LogP contribution in [-0.4, -0.2) is 105 Å². The van der Waals surface area contributed by atoms with Crippen LogP contribution in [0.2, 0.25) is 5.02 Å². The van der Waals surface area contributed by atoms with Gasteiger partial charge in [0, 0.05) is 26.5 Å². The van der Waals surface area contributed by atoms with Gasteiger partial charge in [-0.25, -0.2) is 4.79 Å². The van der Waals surface area contributed by atoms with E-state index in [-0.39, 0.29) is 23.8 Å². The summed E-state index contributed by atoms with van der Waals surface area (Å²) >= 11 is 6.71. The molecule has 4 bridgehead atoms. The summed E-state index contributed by atoms with van der Waals surface area (Å²) in [6, 6.07) is 3.04. The molecule has 4 rings (SSSR count). The SMILES string of the molecule is COc1cc2cc(c1Cl)N(C)C(=O)C[C@H](OC(=O)[C@H](C)N(C)C)[C@]1(C)O[C@H]1[C@H](C)[C@@H]1C[C@@](O)(NC(=O)O1)[C@H](OC)/C=C/C=C(\C)C2. The molecule has 46 heavy (non-hydrogen) atoms. The van der Waals surface area contributed by atoms with E-state index in [2.05, 4.69) is 5.32 Å². The van der Waals surface area contributed by atoms with Crippen LogP contribution in [0.15, 0.2) is 35.9 Å². The topological polar surface area (TPSA) is 139 Å². The van der Waals surface area contributed by atoms with E-state index in [1.54, 1.807) is 52.0 Å². The molecule has 3 aliphatic rings. The molecule has 1 aromatic rings. The van der Waals surface area contributed by atoms with Gasteiger partial charge < -0.3 is 33.7 Å². The maximum atomic E-state index is 13.9. The van der Waals surface area contributed by atoms with E-state index < -0.39 is 59.8 Å². The maximum absolute atomic E-state index is 13.9. The molecule has 3 heterocycles. The number of hydrogen-bond donors (Lipinski definition) is 2. The zero-order valence-corrected chi connectivity index (χ0v) is 28.7. The highest BCUT2D eigenvalue weighted by atomic mass is 35.5. The van der Waals surface area contributed by atoms with Crippen LogP contribution in [0.1, 0.15) is 46.1 Å². The molecule has 2 amide bonds. The number of esters is 1. The van der Waals surface area contributed by atoms with Crippen LogP contribution < -0.4 is 15.0 Å². The molecule has 8 atom stereocenters. The highest BCUT2D eigenvalue weighted by Gasteiger charge is 2.64. The Morgan fingerprint density at radius 1 is 1.26 bits per heavy atom. The molecule has 2 fully saturated rings. The highest BCUT2D eigenvalue weighted by molar-refractivity contribution is 6.35. The first-order chi connectivity index (χ1) is 21.5. The fourth-order valence-corrected chi connectivity index (χ4v) is 6.37. The number of epoxide rings is 1. The molecule has 1 aromatic carbocycles. The Kier molecular flexibility index (Phi) is 10.8. The van der Waals surface area contributed by atoms with Gasteiger partial charge in [0.15, 0.2) is 5.72 Å². The van der Waals surface area contributed by atoms with Crippen LogP contribution in [0, 0.1) is 5.92 Å². The number of nitrogens with zero attached hydrogens (tertiary/aromatic N) is 2. The zero-order chi connectivity index (χ0) is 34.1. The van der Waals surface area contributed by atoms with Crippen molar-refractivity contribution in [1.29, 1.82) is 0 Å². The lowest BCUT2D eigenvalue weighted by molar-refractivity contribution is -0.158. The second-order valence-electron chi connectivity index (χ2n) is 12.9. The molecular weight excluding hydrogens is 618 g/mol. The summed E-state index contributed by atoms with van der Waals surface area (Å²) in [6.45, 7) is 7.25. The third kappa shape index (κ3) is 7.36. The summed E-state index contributed by atoms with van der Waals surface area (Å²) in [5, 5.41) is 14.4. The molecular formula is C33H46ClN3O9. The second kappa shape index (κ2) is 13.9. The third-order valence-electron chi connectivity index (χ3n) is 9.32. The molecule has 0 radical (unpaired) electrons. The van der Waals surface area contributed by atoms with Crippen molar-refractivity contribution in [2.45, 2.75) is 88.7 Å². The molecule has 0 aromatic heterocycles. The first-order valence-corrected chi connectivity index (χ1v) is 15.7. The summed E-state index contributed by atoms with van der Waals surface area (Å²) in [7, 11) is 8.07. The number of fused-ring (bicyclic) bond motifs is 5. The Morgan fingerprint density at radius 3 is 2.59 bits per heavy atom. The molecule has 2 saturated heterocycles. The smallest absolute Gasteiger partial charge is 0.409 e. The number of aliphatic hydroxyl groups is 1. The summed E-state index contributed by atoms with van der Waals surface area (Å²) in [4.78, 5) is 43.0. The molecule has 12 nitrogen and oxygen atoms in total. The fraction of sp³-hybridized carbons (Fsp3) is 0.606. The summed E-state index contributed by atoms with van der Waals surface area (Å²) in [6.07, 6.45) is 1.53. The van der Waals surface area contributed by atoms with Gasteiger partial charge in [0.05, 0.1) is 25.3 Å². The number of methoxy groups -OCH3 is 2. The average molecular weight is 664 g/mol. The Balaban J connectivity index is 1.80. The van der Waals surface area contributed by atoms with Gasteiger partial charge in [-0.05, 0) is 59.0 Å². The van der Waals surface area contributed by atoms with E-state index in [4.69, 9.17) is 35.3 Å². The zero-order valence-electron chi connectivity index (χ0n) is 28.0. The first-order valence-electron chi connectivity index (χ1n) is 15.3. The van der Waals surface area contributed by atoms with Crippen LogP contribution in [0.3, 0.4) is 0 Å². The van der Waals surface area contributed by atoms with Crippen molar-refractivity contribution < 1.29 is 43.2 Å². The van der Waals surface area contributed by atoms with Crippen molar-refractivity contribution in [1.82, 2.24) is 10.2 Å². The van der Waals surface area contributed by atoms with Gasteiger partial charge in [-0.1, -0.05) is 42.3 Å². The molecule has 13 heteroatoms. The highest BCUT2D eigenvalue weighted by Crippen LogP contribution is 2.49. The summed E-state index contributed by atoms with van der Waals surface area (Å²) < 4.78 is 29.0. The van der Waals surface area contributed by atoms with Crippen molar-refractivity contribution >= 4 is 35.3 Å². The van der Waals surface area contributed by atoms with Gasteiger partial charge in [0.1, 0.15) is 40.7 Å². The normalized spacial score (nSPS) is 34.4. The van der Waals surface area contributed by atoms with Gasteiger partial charge in [0.2, 0.25) is 5.91 Å². The van der Waals surface area contributed by atoms with Crippen LogP contribution >= 0.6 is 11.6 Å². The number of likely N-dealkylation sites (N-methyl/N-ethyl adjacent to an activating group) is 1. The summed E-state index contributed by atoms with van der Waals surface area (Å²) in [5.74, 6) is -0.933. The number of rotatable bonds is 5. The van der Waals surface area contributed by atoms with Crippen molar-refractivity contribution in [3.63, 3.8) is 0 Å². The van der Waals surface area contributed by atoms with E-state index in [9.17, 15) is 19.5 Å². The number of benzene rings is 1. The standard InChI is InChI=1S/C33H46ClN3O9/c1-18-11-10-12-25(43-9)33(41)17-24(44-31(40)35-33)19(2)29-32(4,46-29)26(45-30(39)20(3)36(5)6)16-27(38)37(7)22-14-21(13-18)15-23(42-8)28(22)34/h10-12,14-15,19-20,24-26,29,41H,13,16-17H2,1-9H3,(H,35,40)/b12-10+,18-11+/t19-,20+,24+,25-,26+,29+,32+,33+/m1/s1. The Hall–Kier alpha value is -3.16. The van der Waals surface area contributed by atoms with Gasteiger partial charge in [-0.2, -0.15) is 0 Å². The Bertz CT molecular complexity index is 1400. The number of carbonyl (C=O) groups is 3. The number of ether oxygens (including phenoxy) is 5. The van der Waals surface area contributed by atoms with E-state index in [1.807, 2.05) is 32.1 Å². The molecule has 3 aliphatic heterocycles. The quantitative estimate of drug-likeness (QED) is 0.355. The minimum absolute atomic E-state index is 0.00466. The number of amides is 2. The van der Waals surface area contributed by atoms with E-state index in [0.717, 1.165) is 11.1 Å². The lowest BCUT2D eigenvalue weighted by Crippen LogP contribution is -2.63. The van der Waals surface area contributed by atoms with Crippen molar-refractivity contribution in [3.8, 4) is 5.75 Å². The number of halogens is 1. The lowest BCUT2D eigenvalue weighted by Gasteiger charge is -2.42. The maximum Gasteiger partial charge on any atom is 0.409 e. The number of nitrogens with one attached hydrogen (secondary N) is 1. The molecule has 0 aliphatic carbocycles. The molecule has 2 N–H and O–H groups in total. The van der Waals surface area contributed by atoms with Gasteiger partial charge in [-0.3, -0.25) is 19.8 Å². The monoisotopic (exact) mass is 663 g/mol. The van der Waals surface area contributed by atoms with Crippen molar-refractivity contribution in [2.24, 2.45) is 5.92 Å². The van der Waals surface area contributed by atoms with Crippen LogP contribution in [0.5, 0.6) is 5.75 Å². The summed E-state index contributed by atoms with van der Waals surface area (Å²) in [5.41, 5.74) is -0.642. The number of allylic oxidation sites excluding steroid dienone is 3. The number of hydrogen-bond acceptors (Lipinski definition) is 10. The average Bonchev–Trinajstić information content (AvgIpc) is 3.69. The second-order valence-corrected chi connectivity index (χ2v) is 13.2. The van der Waals surface area contributed by atoms with E-state index in [0.29, 0.717) is 17.9 Å². The lowest BCUT2D eigenvalue weighted by atomic mass is 9.83. The van der Waals surface area contributed by atoms with Crippen LogP contribution in [0.4, 0.5) is 10.5 Å². The van der Waals surface area contributed by atoms with Crippen molar-refractivity contribution in [3.05, 3.63) is 46.5 Å². The molecule has 0 saturated carbocycles. The number of carbonyl (C=O) groups excluding carboxylic acids is 3. The van der Waals surface area contributed by atoms with Crippen molar-refractivity contribution in [2.75, 3.05) is 40.3 Å².